The number of carbonyl (C=O) groups is 2. The van der Waals surface area contributed by atoms with Crippen molar-refractivity contribution in [1.29, 1.82) is 0 Å². The van der Waals surface area contributed by atoms with Crippen molar-refractivity contribution in [3.05, 3.63) is 35.4 Å². The maximum atomic E-state index is 12.8. The van der Waals surface area contributed by atoms with E-state index in [2.05, 4.69) is 36.1 Å². The summed E-state index contributed by atoms with van der Waals surface area (Å²) in [5, 5.41) is 0. The summed E-state index contributed by atoms with van der Waals surface area (Å²) in [4.78, 5) is 29.6. The molecule has 2 amide bonds. The third-order valence-electron chi connectivity index (χ3n) is 5.77. The van der Waals surface area contributed by atoms with Crippen molar-refractivity contribution in [2.45, 2.75) is 33.2 Å². The number of hydrogen-bond donors (Lipinski definition) is 1. The average Bonchev–Trinajstić information content (AvgIpc) is 2.64. The second kappa shape index (κ2) is 8.00. The van der Waals surface area contributed by atoms with E-state index in [4.69, 9.17) is 0 Å². The molecule has 0 saturated carbocycles. The largest absolute Gasteiger partial charge is 0.343 e. The highest BCUT2D eigenvalue weighted by atomic mass is 16.2. The summed E-state index contributed by atoms with van der Waals surface area (Å²) >= 11 is 0. The SMILES string of the molecule is CC(=O)N1CCC(C(=O)N2CC[NH+](Cc3ccccc3C)CC2)CC1. The van der Waals surface area contributed by atoms with Crippen molar-refractivity contribution >= 4 is 11.8 Å². The maximum Gasteiger partial charge on any atom is 0.226 e. The average molecular weight is 344 g/mol. The van der Waals surface area contributed by atoms with Gasteiger partial charge in [0.1, 0.15) is 6.54 Å². The minimum atomic E-state index is 0.105. The number of nitrogens with zero attached hydrogens (tertiary/aromatic N) is 2. The van der Waals surface area contributed by atoms with E-state index in [0.29, 0.717) is 5.91 Å². The molecule has 2 aliphatic rings. The van der Waals surface area contributed by atoms with Crippen molar-refractivity contribution in [3.63, 3.8) is 0 Å². The monoisotopic (exact) mass is 344 g/mol. The van der Waals surface area contributed by atoms with Crippen molar-refractivity contribution < 1.29 is 14.5 Å². The summed E-state index contributed by atoms with van der Waals surface area (Å²) in [6, 6.07) is 8.57. The van der Waals surface area contributed by atoms with Gasteiger partial charge in [-0.2, -0.15) is 0 Å². The lowest BCUT2D eigenvalue weighted by Gasteiger charge is -2.37. The summed E-state index contributed by atoms with van der Waals surface area (Å²) in [6.45, 7) is 10.0. The van der Waals surface area contributed by atoms with Gasteiger partial charge in [-0.15, -0.1) is 0 Å². The van der Waals surface area contributed by atoms with E-state index in [0.717, 1.165) is 58.7 Å². The van der Waals surface area contributed by atoms with E-state index < -0.39 is 0 Å². The number of benzene rings is 1. The molecule has 2 heterocycles. The van der Waals surface area contributed by atoms with Gasteiger partial charge in [0.2, 0.25) is 11.8 Å². The van der Waals surface area contributed by atoms with E-state index in [-0.39, 0.29) is 11.8 Å². The molecule has 136 valence electrons. The minimum Gasteiger partial charge on any atom is -0.343 e. The third kappa shape index (κ3) is 4.40. The van der Waals surface area contributed by atoms with E-state index in [1.165, 1.54) is 11.1 Å². The summed E-state index contributed by atoms with van der Waals surface area (Å²) in [5.74, 6) is 0.533. The van der Waals surface area contributed by atoms with Gasteiger partial charge in [-0.3, -0.25) is 9.59 Å². The molecule has 2 aliphatic heterocycles. The fraction of sp³-hybridized carbons (Fsp3) is 0.600. The molecule has 1 aromatic carbocycles. The van der Waals surface area contributed by atoms with E-state index in [9.17, 15) is 9.59 Å². The van der Waals surface area contributed by atoms with Crippen LogP contribution in [0.3, 0.4) is 0 Å². The number of likely N-dealkylation sites (tertiary alicyclic amines) is 1. The van der Waals surface area contributed by atoms with Crippen LogP contribution in [0.1, 0.15) is 30.9 Å². The van der Waals surface area contributed by atoms with Gasteiger partial charge in [-0.1, -0.05) is 24.3 Å². The Morgan fingerprint density at radius 1 is 1.04 bits per heavy atom. The normalized spacial score (nSPS) is 19.9. The zero-order chi connectivity index (χ0) is 17.8. The molecule has 0 spiro atoms. The third-order valence-corrected chi connectivity index (χ3v) is 5.77. The lowest BCUT2D eigenvalue weighted by molar-refractivity contribution is -0.917. The van der Waals surface area contributed by atoms with E-state index in [1.807, 2.05) is 4.90 Å². The van der Waals surface area contributed by atoms with Gasteiger partial charge in [-0.05, 0) is 25.3 Å². The molecule has 3 rings (SSSR count). The lowest BCUT2D eigenvalue weighted by atomic mass is 9.95. The fourth-order valence-corrected chi connectivity index (χ4v) is 4.00. The topological polar surface area (TPSA) is 45.1 Å². The van der Waals surface area contributed by atoms with Crippen molar-refractivity contribution in [2.75, 3.05) is 39.3 Å². The number of amides is 2. The van der Waals surface area contributed by atoms with E-state index >= 15 is 0 Å². The van der Waals surface area contributed by atoms with Gasteiger partial charge in [0, 0.05) is 31.5 Å². The smallest absolute Gasteiger partial charge is 0.226 e. The van der Waals surface area contributed by atoms with Crippen LogP contribution in [0, 0.1) is 12.8 Å². The summed E-state index contributed by atoms with van der Waals surface area (Å²) in [6.07, 6.45) is 1.63. The fourth-order valence-electron chi connectivity index (χ4n) is 4.00. The van der Waals surface area contributed by atoms with Gasteiger partial charge in [0.25, 0.3) is 0 Å². The number of nitrogens with one attached hydrogen (secondary N) is 1. The van der Waals surface area contributed by atoms with Crippen LogP contribution in [-0.4, -0.2) is 60.9 Å². The maximum absolute atomic E-state index is 12.8. The van der Waals surface area contributed by atoms with Crippen LogP contribution in [-0.2, 0) is 16.1 Å². The molecule has 0 bridgehead atoms. The summed E-state index contributed by atoms with van der Waals surface area (Å²) in [7, 11) is 0. The molecular weight excluding hydrogens is 314 g/mol. The lowest BCUT2D eigenvalue weighted by Crippen LogP contribution is -3.13. The van der Waals surface area contributed by atoms with Crippen LogP contribution in [0.4, 0.5) is 0 Å². The second-order valence-electron chi connectivity index (χ2n) is 7.46. The molecule has 1 N–H and O–H groups in total. The molecule has 1 aromatic rings. The predicted molar refractivity (Wildman–Crippen MR) is 97.1 cm³/mol. The van der Waals surface area contributed by atoms with Crippen molar-refractivity contribution in [3.8, 4) is 0 Å². The number of piperazine rings is 1. The first-order valence-electron chi connectivity index (χ1n) is 9.47. The number of quaternary nitrogens is 1. The molecule has 0 aromatic heterocycles. The number of piperidine rings is 1. The summed E-state index contributed by atoms with van der Waals surface area (Å²) < 4.78 is 0. The standard InChI is InChI=1S/C20H29N3O2/c1-16-5-3-4-6-19(16)15-21-11-13-23(14-12-21)20(25)18-7-9-22(10-8-18)17(2)24/h3-6,18H,7-15H2,1-2H3/p+1. The molecule has 0 radical (unpaired) electrons. The van der Waals surface area contributed by atoms with Gasteiger partial charge in [-0.25, -0.2) is 0 Å². The molecule has 0 unspecified atom stereocenters. The van der Waals surface area contributed by atoms with Crippen LogP contribution in [0.2, 0.25) is 0 Å². The Balaban J connectivity index is 1.47. The minimum absolute atomic E-state index is 0.105. The number of carbonyl (C=O) groups excluding carboxylic acids is 2. The number of rotatable bonds is 3. The predicted octanol–water partition coefficient (Wildman–Crippen LogP) is 0.481. The van der Waals surface area contributed by atoms with Crippen molar-refractivity contribution in [1.82, 2.24) is 9.80 Å². The molecule has 25 heavy (non-hydrogen) atoms. The van der Waals surface area contributed by atoms with Gasteiger partial charge >= 0.3 is 0 Å². The van der Waals surface area contributed by atoms with Crippen LogP contribution >= 0.6 is 0 Å². The Kier molecular flexibility index (Phi) is 5.74. The van der Waals surface area contributed by atoms with Crippen LogP contribution in [0.25, 0.3) is 0 Å². The van der Waals surface area contributed by atoms with Crippen LogP contribution in [0.15, 0.2) is 24.3 Å². The zero-order valence-electron chi connectivity index (χ0n) is 15.5. The second-order valence-corrected chi connectivity index (χ2v) is 7.46. The Morgan fingerprint density at radius 3 is 2.28 bits per heavy atom. The van der Waals surface area contributed by atoms with Gasteiger partial charge < -0.3 is 14.7 Å². The summed E-state index contributed by atoms with van der Waals surface area (Å²) in [5.41, 5.74) is 2.76. The first-order chi connectivity index (χ1) is 12.0. The van der Waals surface area contributed by atoms with Crippen LogP contribution < -0.4 is 4.90 Å². The van der Waals surface area contributed by atoms with Crippen molar-refractivity contribution in [2.24, 2.45) is 5.92 Å². The highest BCUT2D eigenvalue weighted by Crippen LogP contribution is 2.20. The highest BCUT2D eigenvalue weighted by Gasteiger charge is 2.32. The van der Waals surface area contributed by atoms with Crippen LogP contribution in [0.5, 0.6) is 0 Å². The Hall–Kier alpha value is -1.88. The molecule has 2 fully saturated rings. The number of aryl methyl sites for hydroxylation is 1. The molecule has 0 aliphatic carbocycles. The molecular formula is C20H30N3O2+. The quantitative estimate of drug-likeness (QED) is 0.867. The van der Waals surface area contributed by atoms with E-state index in [1.54, 1.807) is 11.8 Å². The number of hydrogen-bond acceptors (Lipinski definition) is 2. The molecule has 2 saturated heterocycles. The Labute approximate surface area is 150 Å². The molecule has 5 nitrogen and oxygen atoms in total. The Bertz CT molecular complexity index is 615. The molecule has 0 atom stereocenters. The first kappa shape index (κ1) is 17.9. The highest BCUT2D eigenvalue weighted by molar-refractivity contribution is 5.79. The molecule has 5 heteroatoms. The Morgan fingerprint density at radius 2 is 1.68 bits per heavy atom. The van der Waals surface area contributed by atoms with Gasteiger partial charge in [0.05, 0.1) is 26.2 Å². The van der Waals surface area contributed by atoms with Gasteiger partial charge in [0.15, 0.2) is 0 Å². The zero-order valence-corrected chi connectivity index (χ0v) is 15.5. The first-order valence-corrected chi connectivity index (χ1v) is 9.47.